The van der Waals surface area contributed by atoms with Crippen molar-refractivity contribution in [2.45, 2.75) is 19.8 Å². The Morgan fingerprint density at radius 3 is 2.91 bits per heavy atom. The van der Waals surface area contributed by atoms with Gasteiger partial charge in [-0.15, -0.1) is 22.7 Å². The number of carbonyl (C=O) groups excluding carboxylic acids is 1. The first-order valence-electron chi connectivity index (χ1n) is 6.94. The lowest BCUT2D eigenvalue weighted by atomic mass is 10.1. The summed E-state index contributed by atoms with van der Waals surface area (Å²) in [7, 11) is -2.94. The number of hydrogen-bond donors (Lipinski definition) is 1. The van der Waals surface area contributed by atoms with Crippen molar-refractivity contribution in [3.63, 3.8) is 0 Å². The number of sulfone groups is 1. The van der Waals surface area contributed by atoms with E-state index in [1.54, 1.807) is 11.3 Å². The van der Waals surface area contributed by atoms with Crippen molar-refractivity contribution in [2.75, 3.05) is 16.8 Å². The van der Waals surface area contributed by atoms with Crippen LogP contribution in [0.4, 0.5) is 5.13 Å². The molecule has 22 heavy (non-hydrogen) atoms. The summed E-state index contributed by atoms with van der Waals surface area (Å²) in [6.45, 7) is 2.04. The Labute approximate surface area is 137 Å². The average molecular weight is 356 g/mol. The fourth-order valence-electron chi connectivity index (χ4n) is 2.48. The zero-order valence-electron chi connectivity index (χ0n) is 12.0. The van der Waals surface area contributed by atoms with Gasteiger partial charge in [0.15, 0.2) is 15.0 Å². The van der Waals surface area contributed by atoms with Gasteiger partial charge in [-0.2, -0.15) is 0 Å². The molecule has 0 aromatic carbocycles. The van der Waals surface area contributed by atoms with Gasteiger partial charge in [0.1, 0.15) is 0 Å². The van der Waals surface area contributed by atoms with Crippen LogP contribution in [0.25, 0.3) is 10.6 Å². The molecule has 3 heterocycles. The van der Waals surface area contributed by atoms with Crippen molar-refractivity contribution >= 4 is 43.5 Å². The third-order valence-corrected chi connectivity index (χ3v) is 7.16. The third kappa shape index (κ3) is 3.74. The SMILES string of the molecule is Cc1ccc(-c2csc(NC(=O)CC3CCS(=O)(=O)C3)n2)s1. The van der Waals surface area contributed by atoms with Crippen LogP contribution in [0, 0.1) is 12.8 Å². The molecule has 1 unspecified atom stereocenters. The van der Waals surface area contributed by atoms with Gasteiger partial charge in [0.2, 0.25) is 5.91 Å². The van der Waals surface area contributed by atoms with Gasteiger partial charge in [-0.1, -0.05) is 0 Å². The largest absolute Gasteiger partial charge is 0.302 e. The zero-order chi connectivity index (χ0) is 15.7. The van der Waals surface area contributed by atoms with Gasteiger partial charge in [0, 0.05) is 16.7 Å². The summed E-state index contributed by atoms with van der Waals surface area (Å²) >= 11 is 3.05. The van der Waals surface area contributed by atoms with Gasteiger partial charge in [-0.3, -0.25) is 4.79 Å². The van der Waals surface area contributed by atoms with Gasteiger partial charge in [-0.25, -0.2) is 13.4 Å². The van der Waals surface area contributed by atoms with E-state index in [-0.39, 0.29) is 29.8 Å². The van der Waals surface area contributed by atoms with Crippen LogP contribution >= 0.6 is 22.7 Å². The van der Waals surface area contributed by atoms with Crippen molar-refractivity contribution in [3.8, 4) is 10.6 Å². The molecule has 2 aromatic rings. The fourth-order valence-corrected chi connectivity index (χ4v) is 5.97. The van der Waals surface area contributed by atoms with Crippen LogP contribution in [0.15, 0.2) is 17.5 Å². The molecule has 1 amide bonds. The number of anilines is 1. The Balaban J connectivity index is 1.59. The summed E-state index contributed by atoms with van der Waals surface area (Å²) in [5.74, 6) is 0.0944. The fraction of sp³-hybridized carbons (Fsp3) is 0.429. The number of aryl methyl sites for hydroxylation is 1. The molecular weight excluding hydrogens is 340 g/mol. The van der Waals surface area contributed by atoms with Gasteiger partial charge >= 0.3 is 0 Å². The second kappa shape index (κ2) is 6.10. The van der Waals surface area contributed by atoms with Crippen molar-refractivity contribution in [3.05, 3.63) is 22.4 Å². The monoisotopic (exact) mass is 356 g/mol. The molecular formula is C14H16N2O3S3. The average Bonchev–Trinajstić information content (AvgIpc) is 3.11. The number of amides is 1. The topological polar surface area (TPSA) is 76.1 Å². The lowest BCUT2D eigenvalue weighted by molar-refractivity contribution is -0.116. The number of nitrogens with zero attached hydrogens (tertiary/aromatic N) is 1. The van der Waals surface area contributed by atoms with Crippen LogP contribution in [0.1, 0.15) is 17.7 Å². The van der Waals surface area contributed by atoms with E-state index < -0.39 is 9.84 Å². The van der Waals surface area contributed by atoms with Gasteiger partial charge in [0.25, 0.3) is 0 Å². The highest BCUT2D eigenvalue weighted by molar-refractivity contribution is 7.91. The number of thiophene rings is 1. The molecule has 1 N–H and O–H groups in total. The van der Waals surface area contributed by atoms with E-state index >= 15 is 0 Å². The van der Waals surface area contributed by atoms with Crippen LogP contribution in [-0.2, 0) is 14.6 Å². The summed E-state index contributed by atoms with van der Waals surface area (Å²) in [5, 5.41) is 5.25. The highest BCUT2D eigenvalue weighted by Crippen LogP contribution is 2.30. The Kier molecular flexibility index (Phi) is 4.33. The van der Waals surface area contributed by atoms with Crippen LogP contribution in [0.2, 0.25) is 0 Å². The molecule has 0 aliphatic carbocycles. The van der Waals surface area contributed by atoms with Crippen LogP contribution < -0.4 is 5.32 Å². The maximum atomic E-state index is 12.0. The van der Waals surface area contributed by atoms with E-state index in [4.69, 9.17) is 0 Å². The van der Waals surface area contributed by atoms with E-state index in [0.29, 0.717) is 11.6 Å². The lowest BCUT2D eigenvalue weighted by Gasteiger charge is -2.06. The van der Waals surface area contributed by atoms with Crippen molar-refractivity contribution in [2.24, 2.45) is 5.92 Å². The molecule has 1 aliphatic heterocycles. The molecule has 0 saturated carbocycles. The summed E-state index contributed by atoms with van der Waals surface area (Å²) in [6, 6.07) is 4.06. The Morgan fingerprint density at radius 2 is 2.27 bits per heavy atom. The summed E-state index contributed by atoms with van der Waals surface area (Å²) in [4.78, 5) is 18.7. The summed E-state index contributed by atoms with van der Waals surface area (Å²) in [6.07, 6.45) is 0.819. The molecule has 3 rings (SSSR count). The second-order valence-corrected chi connectivity index (χ2v) is 9.84. The number of aromatic nitrogens is 1. The van der Waals surface area contributed by atoms with E-state index in [0.717, 1.165) is 10.6 Å². The van der Waals surface area contributed by atoms with Crippen LogP contribution in [0.3, 0.4) is 0 Å². The standard InChI is InChI=1S/C14H16N2O3S3/c1-9-2-3-12(21-9)11-7-20-14(15-11)16-13(17)6-10-4-5-22(18,19)8-10/h2-3,7,10H,4-6,8H2,1H3,(H,15,16,17). The van der Waals surface area contributed by atoms with E-state index in [1.807, 2.05) is 24.4 Å². The van der Waals surface area contributed by atoms with E-state index in [9.17, 15) is 13.2 Å². The first-order chi connectivity index (χ1) is 10.4. The number of rotatable bonds is 4. The van der Waals surface area contributed by atoms with Crippen LogP contribution in [-0.4, -0.2) is 30.8 Å². The zero-order valence-corrected chi connectivity index (χ0v) is 14.5. The van der Waals surface area contributed by atoms with E-state index in [2.05, 4.69) is 10.3 Å². The molecule has 0 bridgehead atoms. The smallest absolute Gasteiger partial charge is 0.226 e. The lowest BCUT2D eigenvalue weighted by Crippen LogP contribution is -2.17. The maximum absolute atomic E-state index is 12.0. The first kappa shape index (κ1) is 15.6. The predicted molar refractivity (Wildman–Crippen MR) is 90.2 cm³/mol. The molecule has 1 aliphatic rings. The maximum Gasteiger partial charge on any atom is 0.226 e. The van der Waals surface area contributed by atoms with Gasteiger partial charge < -0.3 is 5.32 Å². The van der Waals surface area contributed by atoms with Crippen molar-refractivity contribution in [1.29, 1.82) is 0 Å². The van der Waals surface area contributed by atoms with Crippen molar-refractivity contribution in [1.82, 2.24) is 4.98 Å². The minimum absolute atomic E-state index is 0.0654. The number of hydrogen-bond acceptors (Lipinski definition) is 6. The highest BCUT2D eigenvalue weighted by atomic mass is 32.2. The normalized spacial score (nSPS) is 20.1. The Bertz CT molecular complexity index is 792. The second-order valence-electron chi connectivity index (χ2n) is 5.47. The molecule has 5 nitrogen and oxygen atoms in total. The molecule has 0 radical (unpaired) electrons. The highest BCUT2D eigenvalue weighted by Gasteiger charge is 2.29. The molecule has 118 valence electrons. The van der Waals surface area contributed by atoms with E-state index in [1.165, 1.54) is 16.2 Å². The number of thiazole rings is 1. The molecule has 1 saturated heterocycles. The summed E-state index contributed by atoms with van der Waals surface area (Å²) in [5.41, 5.74) is 0.863. The molecule has 8 heteroatoms. The third-order valence-electron chi connectivity index (χ3n) is 3.54. The van der Waals surface area contributed by atoms with Crippen LogP contribution in [0.5, 0.6) is 0 Å². The number of nitrogens with one attached hydrogen (secondary N) is 1. The number of carbonyl (C=O) groups is 1. The Morgan fingerprint density at radius 1 is 1.45 bits per heavy atom. The molecule has 1 fully saturated rings. The minimum atomic E-state index is -2.94. The first-order valence-corrected chi connectivity index (χ1v) is 10.5. The quantitative estimate of drug-likeness (QED) is 0.914. The summed E-state index contributed by atoms with van der Waals surface area (Å²) < 4.78 is 22.8. The van der Waals surface area contributed by atoms with Crippen molar-refractivity contribution < 1.29 is 13.2 Å². The Hall–Kier alpha value is -1.25. The molecule has 2 aromatic heterocycles. The minimum Gasteiger partial charge on any atom is -0.302 e. The van der Waals surface area contributed by atoms with Gasteiger partial charge in [-0.05, 0) is 31.4 Å². The molecule has 1 atom stereocenters. The molecule has 0 spiro atoms. The van der Waals surface area contributed by atoms with Gasteiger partial charge in [0.05, 0.1) is 22.1 Å². The predicted octanol–water partition coefficient (Wildman–Crippen LogP) is 2.94.